The van der Waals surface area contributed by atoms with E-state index in [2.05, 4.69) is 17.1 Å². The second-order valence-electron chi connectivity index (χ2n) is 5.77. The number of rotatable bonds is 4. The fourth-order valence-electron chi connectivity index (χ4n) is 3.21. The van der Waals surface area contributed by atoms with Crippen molar-refractivity contribution >= 4 is 0 Å². The second kappa shape index (κ2) is 6.72. The SMILES string of the molecule is CCN1CCC(CNC2CCCCCC2O)C1. The number of aliphatic hydroxyl groups is 1. The highest BCUT2D eigenvalue weighted by Crippen LogP contribution is 2.20. The Balaban J connectivity index is 1.70. The van der Waals surface area contributed by atoms with E-state index in [1.165, 1.54) is 45.3 Å². The summed E-state index contributed by atoms with van der Waals surface area (Å²) in [4.78, 5) is 2.52. The van der Waals surface area contributed by atoms with Gasteiger partial charge in [-0.15, -0.1) is 0 Å². The molecule has 17 heavy (non-hydrogen) atoms. The third kappa shape index (κ3) is 3.94. The van der Waals surface area contributed by atoms with Gasteiger partial charge in [-0.2, -0.15) is 0 Å². The molecule has 2 rings (SSSR count). The molecule has 0 radical (unpaired) electrons. The highest BCUT2D eigenvalue weighted by Gasteiger charge is 2.25. The van der Waals surface area contributed by atoms with Gasteiger partial charge in [0.15, 0.2) is 0 Å². The van der Waals surface area contributed by atoms with E-state index in [9.17, 15) is 5.11 Å². The Morgan fingerprint density at radius 1 is 1.18 bits per heavy atom. The average molecular weight is 240 g/mol. The van der Waals surface area contributed by atoms with Crippen LogP contribution in [0.25, 0.3) is 0 Å². The van der Waals surface area contributed by atoms with Crippen LogP contribution >= 0.6 is 0 Å². The molecule has 1 aliphatic carbocycles. The zero-order chi connectivity index (χ0) is 12.1. The maximum Gasteiger partial charge on any atom is 0.0693 e. The highest BCUT2D eigenvalue weighted by molar-refractivity contribution is 4.82. The van der Waals surface area contributed by atoms with Crippen molar-refractivity contribution in [1.29, 1.82) is 0 Å². The summed E-state index contributed by atoms with van der Waals surface area (Å²) in [6.07, 6.45) is 7.13. The minimum Gasteiger partial charge on any atom is -0.392 e. The molecular formula is C14H28N2O. The van der Waals surface area contributed by atoms with Crippen LogP contribution in [-0.2, 0) is 0 Å². The van der Waals surface area contributed by atoms with Crippen LogP contribution in [0.5, 0.6) is 0 Å². The van der Waals surface area contributed by atoms with Crippen molar-refractivity contribution in [2.75, 3.05) is 26.2 Å². The van der Waals surface area contributed by atoms with Crippen LogP contribution in [0.15, 0.2) is 0 Å². The van der Waals surface area contributed by atoms with E-state index in [1.54, 1.807) is 0 Å². The van der Waals surface area contributed by atoms with Gasteiger partial charge in [0, 0.05) is 12.6 Å². The highest BCUT2D eigenvalue weighted by atomic mass is 16.3. The van der Waals surface area contributed by atoms with Crippen molar-refractivity contribution in [1.82, 2.24) is 10.2 Å². The monoisotopic (exact) mass is 240 g/mol. The summed E-state index contributed by atoms with van der Waals surface area (Å²) >= 11 is 0. The minimum absolute atomic E-state index is 0.110. The maximum absolute atomic E-state index is 10.0. The molecule has 0 bridgehead atoms. The van der Waals surface area contributed by atoms with Gasteiger partial charge in [-0.3, -0.25) is 0 Å². The molecule has 0 aromatic heterocycles. The number of hydrogen-bond acceptors (Lipinski definition) is 3. The molecule has 1 aliphatic heterocycles. The van der Waals surface area contributed by atoms with Crippen molar-refractivity contribution in [3.63, 3.8) is 0 Å². The number of nitrogens with zero attached hydrogens (tertiary/aromatic N) is 1. The normalized spacial score (nSPS) is 36.0. The zero-order valence-electron chi connectivity index (χ0n) is 11.2. The first-order valence-electron chi connectivity index (χ1n) is 7.43. The van der Waals surface area contributed by atoms with Crippen molar-refractivity contribution in [2.45, 2.75) is 57.6 Å². The van der Waals surface area contributed by atoms with Crippen LogP contribution in [0, 0.1) is 5.92 Å². The minimum atomic E-state index is -0.110. The first-order valence-corrected chi connectivity index (χ1v) is 7.43. The maximum atomic E-state index is 10.0. The summed E-state index contributed by atoms with van der Waals surface area (Å²) in [6, 6.07) is 0.355. The largest absolute Gasteiger partial charge is 0.392 e. The van der Waals surface area contributed by atoms with E-state index in [0.717, 1.165) is 25.3 Å². The van der Waals surface area contributed by atoms with E-state index >= 15 is 0 Å². The van der Waals surface area contributed by atoms with E-state index < -0.39 is 0 Å². The van der Waals surface area contributed by atoms with E-state index in [0.29, 0.717) is 6.04 Å². The summed E-state index contributed by atoms with van der Waals surface area (Å²) in [5, 5.41) is 13.7. The third-order valence-corrected chi connectivity index (χ3v) is 4.47. The van der Waals surface area contributed by atoms with Crippen molar-refractivity contribution < 1.29 is 5.11 Å². The van der Waals surface area contributed by atoms with Gasteiger partial charge in [0.05, 0.1) is 6.10 Å². The Kier molecular flexibility index (Phi) is 5.26. The number of hydrogen-bond donors (Lipinski definition) is 2. The summed E-state index contributed by atoms with van der Waals surface area (Å²) in [5.41, 5.74) is 0. The molecule has 1 heterocycles. The van der Waals surface area contributed by atoms with E-state index in [-0.39, 0.29) is 6.10 Å². The lowest BCUT2D eigenvalue weighted by Gasteiger charge is -2.23. The van der Waals surface area contributed by atoms with Crippen LogP contribution in [0.3, 0.4) is 0 Å². The Morgan fingerprint density at radius 2 is 2.00 bits per heavy atom. The summed E-state index contributed by atoms with van der Waals surface area (Å²) < 4.78 is 0. The number of nitrogens with one attached hydrogen (secondary N) is 1. The molecule has 2 fully saturated rings. The van der Waals surface area contributed by atoms with E-state index in [1.807, 2.05) is 0 Å². The van der Waals surface area contributed by atoms with E-state index in [4.69, 9.17) is 0 Å². The first-order chi connectivity index (χ1) is 8.29. The van der Waals surface area contributed by atoms with Crippen LogP contribution in [0.2, 0.25) is 0 Å². The van der Waals surface area contributed by atoms with Crippen LogP contribution in [0.1, 0.15) is 45.4 Å². The number of aliphatic hydroxyl groups excluding tert-OH is 1. The van der Waals surface area contributed by atoms with Crippen molar-refractivity contribution in [2.24, 2.45) is 5.92 Å². The molecule has 2 N–H and O–H groups in total. The predicted molar refractivity (Wildman–Crippen MR) is 71.1 cm³/mol. The Labute approximate surface area is 106 Å². The third-order valence-electron chi connectivity index (χ3n) is 4.47. The number of likely N-dealkylation sites (tertiary alicyclic amines) is 1. The van der Waals surface area contributed by atoms with Gasteiger partial charge in [-0.1, -0.05) is 26.2 Å². The average Bonchev–Trinajstić information content (AvgIpc) is 2.70. The molecule has 3 heteroatoms. The fraction of sp³-hybridized carbons (Fsp3) is 1.00. The molecular weight excluding hydrogens is 212 g/mol. The van der Waals surface area contributed by atoms with Gasteiger partial charge >= 0.3 is 0 Å². The van der Waals surface area contributed by atoms with Crippen LogP contribution < -0.4 is 5.32 Å². The second-order valence-corrected chi connectivity index (χ2v) is 5.77. The Hall–Kier alpha value is -0.120. The molecule has 100 valence electrons. The van der Waals surface area contributed by atoms with Crippen LogP contribution in [-0.4, -0.2) is 48.3 Å². The van der Waals surface area contributed by atoms with Gasteiger partial charge in [0.1, 0.15) is 0 Å². The molecule has 2 aliphatic rings. The molecule has 3 nitrogen and oxygen atoms in total. The fourth-order valence-corrected chi connectivity index (χ4v) is 3.21. The standard InChI is InChI=1S/C14H28N2O/c1-2-16-9-8-12(11-16)10-15-13-6-4-3-5-7-14(13)17/h12-15,17H,2-11H2,1H3. The van der Waals surface area contributed by atoms with Crippen LogP contribution in [0.4, 0.5) is 0 Å². The van der Waals surface area contributed by atoms with Gasteiger partial charge in [0.25, 0.3) is 0 Å². The summed E-state index contributed by atoms with van der Waals surface area (Å²) in [6.45, 7) is 7.02. The van der Waals surface area contributed by atoms with Gasteiger partial charge in [-0.05, 0) is 44.8 Å². The first kappa shape index (κ1) is 13.3. The molecule has 3 unspecified atom stereocenters. The van der Waals surface area contributed by atoms with Gasteiger partial charge in [-0.25, -0.2) is 0 Å². The summed E-state index contributed by atoms with van der Waals surface area (Å²) in [7, 11) is 0. The molecule has 1 saturated heterocycles. The Morgan fingerprint density at radius 3 is 2.76 bits per heavy atom. The lowest BCUT2D eigenvalue weighted by molar-refractivity contribution is 0.118. The Bertz CT molecular complexity index is 222. The molecule has 0 aromatic rings. The molecule has 0 aromatic carbocycles. The van der Waals surface area contributed by atoms with Gasteiger partial charge < -0.3 is 15.3 Å². The van der Waals surface area contributed by atoms with Crippen molar-refractivity contribution in [3.05, 3.63) is 0 Å². The molecule has 0 spiro atoms. The summed E-state index contributed by atoms with van der Waals surface area (Å²) in [5.74, 6) is 0.797. The molecule has 3 atom stereocenters. The predicted octanol–water partition coefficient (Wildman–Crippen LogP) is 1.61. The lowest BCUT2D eigenvalue weighted by atomic mass is 10.0. The topological polar surface area (TPSA) is 35.5 Å². The zero-order valence-corrected chi connectivity index (χ0v) is 11.2. The molecule has 1 saturated carbocycles. The smallest absolute Gasteiger partial charge is 0.0693 e. The van der Waals surface area contributed by atoms with Crippen molar-refractivity contribution in [3.8, 4) is 0 Å². The quantitative estimate of drug-likeness (QED) is 0.733. The lowest BCUT2D eigenvalue weighted by Crippen LogP contribution is -2.41. The molecule has 0 amide bonds. The van der Waals surface area contributed by atoms with Gasteiger partial charge in [0.2, 0.25) is 0 Å².